The number of hydrogen-bond acceptors (Lipinski definition) is 4. The van der Waals surface area contributed by atoms with Crippen LogP contribution in [-0.2, 0) is 4.79 Å². The van der Waals surface area contributed by atoms with Crippen LogP contribution in [-0.4, -0.2) is 11.0 Å². The summed E-state index contributed by atoms with van der Waals surface area (Å²) >= 11 is 0. The Bertz CT molecular complexity index is 399. The van der Waals surface area contributed by atoms with Crippen molar-refractivity contribution in [3.63, 3.8) is 0 Å². The summed E-state index contributed by atoms with van der Waals surface area (Å²) in [6.07, 6.45) is 0.639. The fraction of sp³-hybridized carbons (Fsp3) is 0. The number of hydrogen-bond donors (Lipinski definition) is 0. The van der Waals surface area contributed by atoms with E-state index in [1.807, 2.05) is 0 Å². The summed E-state index contributed by atoms with van der Waals surface area (Å²) < 4.78 is 9.92. The Hall–Kier alpha value is -2.07. The van der Waals surface area contributed by atoms with Crippen LogP contribution >= 0.6 is 0 Å². The van der Waals surface area contributed by atoms with E-state index in [0.29, 0.717) is 6.08 Å². The molecule has 0 saturated carbocycles. The van der Waals surface area contributed by atoms with Gasteiger partial charge in [0.2, 0.25) is 0 Å². The van der Waals surface area contributed by atoms with Gasteiger partial charge in [0.1, 0.15) is 0 Å². The van der Waals surface area contributed by atoms with Crippen molar-refractivity contribution in [2.45, 2.75) is 0 Å². The maximum absolute atomic E-state index is 10.1. The largest absolute Gasteiger partial charge is 0.277 e. The third-order valence-electron chi connectivity index (χ3n) is 1.46. The highest BCUT2D eigenvalue weighted by molar-refractivity contribution is 5.89. The first-order valence-electron chi connectivity index (χ1n) is 3.17. The van der Waals surface area contributed by atoms with Crippen LogP contribution in [0.5, 0.6) is 0 Å². The second-order valence-corrected chi connectivity index (χ2v) is 2.16. The number of nitro benzene ring substituents is 1. The average Bonchev–Trinajstić information content (AvgIpc) is 2.77. The van der Waals surface area contributed by atoms with Crippen molar-refractivity contribution in [2.24, 2.45) is 5.21 Å². The van der Waals surface area contributed by atoms with Gasteiger partial charge in [0.15, 0.2) is 0 Å². The Morgan fingerprint density at radius 3 is 2.31 bits per heavy atom. The lowest BCUT2D eigenvalue weighted by molar-refractivity contribution is -0.383. The minimum atomic E-state index is -0.359. The van der Waals surface area contributed by atoms with Gasteiger partial charge in [-0.2, -0.15) is 0 Å². The molecule has 0 saturated heterocycles. The van der Waals surface area contributed by atoms with E-state index >= 15 is 0 Å². The highest BCUT2D eigenvalue weighted by Crippen LogP contribution is 2.42. The minimum absolute atomic E-state index is 0.241. The lowest BCUT2D eigenvalue weighted by atomic mass is 10.5. The molecule has 0 aliphatic heterocycles. The molecule has 0 fully saturated rings. The molecule has 0 atom stereocenters. The van der Waals surface area contributed by atoms with Crippen LogP contribution in [0.2, 0.25) is 0 Å². The molecule has 0 N–H and O–H groups in total. The van der Waals surface area contributed by atoms with Crippen molar-refractivity contribution in [2.75, 3.05) is 0 Å². The van der Waals surface area contributed by atoms with E-state index in [-0.39, 0.29) is 10.6 Å². The topological polar surface area (TPSA) is 72.6 Å². The molecule has 0 unspecified atom stereocenters. The lowest BCUT2D eigenvalue weighted by Gasteiger charge is -1.79. The zero-order valence-corrected chi connectivity index (χ0v) is 6.23. The van der Waals surface area contributed by atoms with E-state index in [1.54, 1.807) is 12.1 Å². The molecule has 2 rings (SSSR count). The SMILES string of the molecule is O=C=NF.O=[N+]([O-])c1ccc2cc1-2. The van der Waals surface area contributed by atoms with Gasteiger partial charge in [0, 0.05) is 11.3 Å². The van der Waals surface area contributed by atoms with Gasteiger partial charge in [-0.1, -0.05) is 4.48 Å². The van der Waals surface area contributed by atoms with E-state index in [2.05, 4.69) is 0 Å². The van der Waals surface area contributed by atoms with E-state index < -0.39 is 0 Å². The molecule has 0 aromatic carbocycles. The first kappa shape index (κ1) is 9.02. The number of isocyanates is 1. The molecule has 6 heteroatoms. The third-order valence-corrected chi connectivity index (χ3v) is 1.46. The number of halogens is 1. The molecular weight excluding hydrogens is 179 g/mol. The maximum Gasteiger partial charge on any atom is 0.277 e. The van der Waals surface area contributed by atoms with Crippen LogP contribution in [0.4, 0.5) is 10.2 Å². The predicted octanol–water partition coefficient (Wildman–Crippen LogP) is 1.78. The molecule has 0 bridgehead atoms. The smallest absolute Gasteiger partial charge is 0.258 e. The highest BCUT2D eigenvalue weighted by Gasteiger charge is 2.24. The van der Waals surface area contributed by atoms with Crippen LogP contribution in [0.3, 0.4) is 0 Å². The monoisotopic (exact) mass is 182 g/mol. The van der Waals surface area contributed by atoms with Crippen LogP contribution in [0, 0.1) is 10.1 Å². The summed E-state index contributed by atoms with van der Waals surface area (Å²) in [5.74, 6) is 0. The number of fused-ring (bicyclic) bond motifs is 1. The summed E-state index contributed by atoms with van der Waals surface area (Å²) in [6.45, 7) is 0. The van der Waals surface area contributed by atoms with Crippen molar-refractivity contribution in [1.82, 2.24) is 0 Å². The van der Waals surface area contributed by atoms with Crippen molar-refractivity contribution in [3.8, 4) is 11.1 Å². The normalized spacial score (nSPS) is 9.00. The summed E-state index contributed by atoms with van der Waals surface area (Å²) in [7, 11) is 0. The summed E-state index contributed by atoms with van der Waals surface area (Å²) in [5, 5.41) is 11.5. The van der Waals surface area contributed by atoms with Gasteiger partial charge in [-0.05, 0) is 17.7 Å². The van der Waals surface area contributed by atoms with Crippen molar-refractivity contribution >= 4 is 11.8 Å². The van der Waals surface area contributed by atoms with Gasteiger partial charge >= 0.3 is 0 Å². The Balaban J connectivity index is 0.000000184. The minimum Gasteiger partial charge on any atom is -0.258 e. The number of carbonyl (C=O) groups excluding carboxylic acids is 1. The number of nitrogens with zero attached hydrogens (tertiary/aromatic N) is 2. The van der Waals surface area contributed by atoms with Crippen LogP contribution in [0.25, 0.3) is 11.1 Å². The van der Waals surface area contributed by atoms with Crippen molar-refractivity contribution in [3.05, 3.63) is 28.3 Å². The first-order valence-corrected chi connectivity index (χ1v) is 3.17. The number of rotatable bonds is 1. The van der Waals surface area contributed by atoms with Crippen molar-refractivity contribution in [1.29, 1.82) is 0 Å². The zero-order chi connectivity index (χ0) is 9.84. The average molecular weight is 182 g/mol. The highest BCUT2D eigenvalue weighted by atomic mass is 19.2. The molecular formula is C7H3FN2O3. The van der Waals surface area contributed by atoms with E-state index in [0.717, 1.165) is 11.1 Å². The predicted molar refractivity (Wildman–Crippen MR) is 41.3 cm³/mol. The third kappa shape index (κ3) is 1.94. The van der Waals surface area contributed by atoms with Crippen LogP contribution < -0.4 is 0 Å². The van der Waals surface area contributed by atoms with E-state index in [9.17, 15) is 14.6 Å². The van der Waals surface area contributed by atoms with Gasteiger partial charge in [0.05, 0.1) is 10.5 Å². The van der Waals surface area contributed by atoms with Gasteiger partial charge in [-0.25, -0.2) is 4.79 Å². The molecule has 0 heterocycles. The van der Waals surface area contributed by atoms with Gasteiger partial charge < -0.3 is 0 Å². The molecule has 2 aliphatic rings. The van der Waals surface area contributed by atoms with Gasteiger partial charge in [0.25, 0.3) is 11.8 Å². The van der Waals surface area contributed by atoms with Gasteiger partial charge in [-0.15, -0.1) is 0 Å². The molecule has 0 amide bonds. The standard InChI is InChI=1S/C6H3NO2.CFNO/c8-7(9)6-2-1-4-3-5(4)6;2-3-1-4/h1-3H;. The first-order chi connectivity index (χ1) is 6.20. The molecule has 0 aromatic rings. The summed E-state index contributed by atoms with van der Waals surface area (Å²) in [6, 6.07) is 5.09. The lowest BCUT2D eigenvalue weighted by Crippen LogP contribution is -1.82. The van der Waals surface area contributed by atoms with E-state index in [4.69, 9.17) is 4.79 Å². The quantitative estimate of drug-likeness (QED) is 0.292. The van der Waals surface area contributed by atoms with Crippen molar-refractivity contribution < 1.29 is 14.2 Å². The van der Waals surface area contributed by atoms with E-state index in [1.165, 1.54) is 11.3 Å². The zero-order valence-electron chi connectivity index (χ0n) is 6.23. The molecule has 0 aromatic heterocycles. The van der Waals surface area contributed by atoms with Crippen LogP contribution in [0.15, 0.2) is 23.4 Å². The maximum atomic E-state index is 10.1. The molecule has 13 heavy (non-hydrogen) atoms. The molecule has 0 spiro atoms. The second kappa shape index (κ2) is 3.55. The van der Waals surface area contributed by atoms with Crippen LogP contribution in [0.1, 0.15) is 0 Å². The Kier molecular flexibility index (Phi) is 2.47. The van der Waals surface area contributed by atoms with Gasteiger partial charge in [-0.3, -0.25) is 10.1 Å². The fourth-order valence-corrected chi connectivity index (χ4v) is 0.897. The second-order valence-electron chi connectivity index (χ2n) is 2.16. The molecule has 2 aliphatic carbocycles. The molecule has 0 radical (unpaired) electrons. The summed E-state index contributed by atoms with van der Waals surface area (Å²) in [4.78, 5) is 18.2. The number of nitro groups is 1. The number of benzene rings is 1. The Morgan fingerprint density at radius 2 is 2.15 bits per heavy atom. The Morgan fingerprint density at radius 1 is 1.54 bits per heavy atom. The fourth-order valence-electron chi connectivity index (χ4n) is 0.897. The molecule has 66 valence electrons. The summed E-state index contributed by atoms with van der Waals surface area (Å²) in [5.41, 5.74) is 2.06. The Labute approximate surface area is 71.6 Å². The molecule has 5 nitrogen and oxygen atoms in total.